The van der Waals surface area contributed by atoms with Crippen LogP contribution in [-0.4, -0.2) is 24.0 Å². The third-order valence-electron chi connectivity index (χ3n) is 3.92. The van der Waals surface area contributed by atoms with Gasteiger partial charge in [-0.2, -0.15) is 0 Å². The molecule has 2 N–H and O–H groups in total. The first kappa shape index (κ1) is 18.0. The number of fused-ring (bicyclic) bond motifs is 1. The Bertz CT molecular complexity index is 650. The average Bonchev–Trinajstić information content (AvgIpc) is 2.88. The SMILES string of the molecule is Cl.O=C(CCC1CCNCC1)Nc1nc2cc(F)c(F)cc2s1. The van der Waals surface area contributed by atoms with Crippen molar-refractivity contribution in [2.75, 3.05) is 18.4 Å². The van der Waals surface area contributed by atoms with Crippen molar-refractivity contribution in [3.05, 3.63) is 23.8 Å². The van der Waals surface area contributed by atoms with E-state index in [0.717, 1.165) is 55.8 Å². The first-order valence-corrected chi connectivity index (χ1v) is 8.19. The molecule has 1 fully saturated rings. The van der Waals surface area contributed by atoms with Crippen LogP contribution in [0.5, 0.6) is 0 Å². The topological polar surface area (TPSA) is 54.0 Å². The van der Waals surface area contributed by atoms with E-state index in [4.69, 9.17) is 0 Å². The second-order valence-corrected chi connectivity index (χ2v) is 6.56. The Morgan fingerprint density at radius 3 is 2.74 bits per heavy atom. The van der Waals surface area contributed by atoms with Crippen molar-refractivity contribution < 1.29 is 13.6 Å². The van der Waals surface area contributed by atoms with Gasteiger partial charge < -0.3 is 10.6 Å². The number of piperidine rings is 1. The maximum atomic E-state index is 13.2. The number of aromatic nitrogens is 1. The zero-order chi connectivity index (χ0) is 15.5. The smallest absolute Gasteiger partial charge is 0.226 e. The van der Waals surface area contributed by atoms with Gasteiger partial charge in [0.05, 0.1) is 10.2 Å². The second kappa shape index (κ2) is 7.99. The molecule has 0 radical (unpaired) electrons. The Morgan fingerprint density at radius 1 is 1.30 bits per heavy atom. The van der Waals surface area contributed by atoms with Crippen molar-refractivity contribution >= 4 is 45.0 Å². The lowest BCUT2D eigenvalue weighted by Gasteiger charge is -2.21. The third-order valence-corrected chi connectivity index (χ3v) is 4.85. The molecule has 0 spiro atoms. The first-order chi connectivity index (χ1) is 10.6. The molecular weight excluding hydrogens is 344 g/mol. The van der Waals surface area contributed by atoms with Crippen LogP contribution in [0.3, 0.4) is 0 Å². The van der Waals surface area contributed by atoms with Crippen LogP contribution in [0.15, 0.2) is 12.1 Å². The Labute approximate surface area is 143 Å². The van der Waals surface area contributed by atoms with Crippen molar-refractivity contribution in [2.45, 2.75) is 25.7 Å². The number of benzene rings is 1. The fourth-order valence-corrected chi connectivity index (χ4v) is 3.55. The number of nitrogens with one attached hydrogen (secondary N) is 2. The zero-order valence-electron chi connectivity index (χ0n) is 12.4. The summed E-state index contributed by atoms with van der Waals surface area (Å²) in [7, 11) is 0. The summed E-state index contributed by atoms with van der Waals surface area (Å²) in [6.45, 7) is 2.03. The third kappa shape index (κ3) is 4.59. The molecule has 0 unspecified atom stereocenters. The minimum Gasteiger partial charge on any atom is -0.317 e. The lowest BCUT2D eigenvalue weighted by Crippen LogP contribution is -2.28. The summed E-state index contributed by atoms with van der Waals surface area (Å²) in [5.74, 6) is -1.34. The maximum absolute atomic E-state index is 13.2. The van der Waals surface area contributed by atoms with E-state index in [1.54, 1.807) is 0 Å². The molecular formula is C15H18ClF2N3OS. The van der Waals surface area contributed by atoms with Crippen LogP contribution in [0.4, 0.5) is 13.9 Å². The molecule has 3 rings (SSSR count). The highest BCUT2D eigenvalue weighted by Gasteiger charge is 2.16. The molecule has 1 aromatic carbocycles. The highest BCUT2D eigenvalue weighted by molar-refractivity contribution is 7.22. The van der Waals surface area contributed by atoms with E-state index in [1.165, 1.54) is 0 Å². The largest absolute Gasteiger partial charge is 0.317 e. The van der Waals surface area contributed by atoms with E-state index in [1.807, 2.05) is 0 Å². The molecule has 2 heterocycles. The van der Waals surface area contributed by atoms with Gasteiger partial charge in [0.15, 0.2) is 16.8 Å². The molecule has 126 valence electrons. The van der Waals surface area contributed by atoms with E-state index in [-0.39, 0.29) is 18.3 Å². The van der Waals surface area contributed by atoms with Crippen molar-refractivity contribution in [3.63, 3.8) is 0 Å². The molecule has 0 bridgehead atoms. The predicted molar refractivity (Wildman–Crippen MR) is 90.2 cm³/mol. The normalized spacial score (nSPS) is 15.4. The van der Waals surface area contributed by atoms with Gasteiger partial charge in [-0.15, -0.1) is 12.4 Å². The highest BCUT2D eigenvalue weighted by atomic mass is 35.5. The fraction of sp³-hybridized carbons (Fsp3) is 0.467. The van der Waals surface area contributed by atoms with Crippen LogP contribution < -0.4 is 10.6 Å². The number of carbonyl (C=O) groups excluding carboxylic acids is 1. The molecule has 0 atom stereocenters. The van der Waals surface area contributed by atoms with Crippen LogP contribution in [0.1, 0.15) is 25.7 Å². The number of hydrogen-bond donors (Lipinski definition) is 2. The summed E-state index contributed by atoms with van der Waals surface area (Å²) in [4.78, 5) is 16.1. The van der Waals surface area contributed by atoms with Crippen LogP contribution >= 0.6 is 23.7 Å². The summed E-state index contributed by atoms with van der Waals surface area (Å²) >= 11 is 1.15. The summed E-state index contributed by atoms with van der Waals surface area (Å²) < 4.78 is 26.8. The number of thiazole rings is 1. The van der Waals surface area contributed by atoms with Gasteiger partial charge in [0.2, 0.25) is 5.91 Å². The maximum Gasteiger partial charge on any atom is 0.226 e. The lowest BCUT2D eigenvalue weighted by molar-refractivity contribution is -0.116. The van der Waals surface area contributed by atoms with Crippen molar-refractivity contribution in [2.24, 2.45) is 5.92 Å². The molecule has 23 heavy (non-hydrogen) atoms. The first-order valence-electron chi connectivity index (χ1n) is 7.38. The number of carbonyl (C=O) groups is 1. The minimum absolute atomic E-state index is 0. The minimum atomic E-state index is -0.929. The van der Waals surface area contributed by atoms with E-state index in [0.29, 0.717) is 27.7 Å². The Hall–Kier alpha value is -1.31. The summed E-state index contributed by atoms with van der Waals surface area (Å²) in [5, 5.41) is 6.40. The van der Waals surface area contributed by atoms with Gasteiger partial charge in [-0.3, -0.25) is 4.79 Å². The van der Waals surface area contributed by atoms with Gasteiger partial charge in [-0.1, -0.05) is 11.3 Å². The number of amides is 1. The molecule has 1 aliphatic heterocycles. The van der Waals surface area contributed by atoms with Gasteiger partial charge in [0.25, 0.3) is 0 Å². The molecule has 1 amide bonds. The standard InChI is InChI=1S/C15H17F2N3OS.ClH/c16-10-7-12-13(8-11(10)17)22-15(19-12)20-14(21)2-1-9-3-5-18-6-4-9;/h7-9,18H,1-6H2,(H,19,20,21);1H. The van der Waals surface area contributed by atoms with Gasteiger partial charge in [0, 0.05) is 12.5 Å². The predicted octanol–water partition coefficient (Wildman–Crippen LogP) is 3.71. The van der Waals surface area contributed by atoms with Crippen LogP contribution in [-0.2, 0) is 4.79 Å². The van der Waals surface area contributed by atoms with Crippen LogP contribution in [0, 0.1) is 17.6 Å². The fourth-order valence-electron chi connectivity index (χ4n) is 2.66. The van der Waals surface area contributed by atoms with Crippen molar-refractivity contribution in [1.29, 1.82) is 0 Å². The highest BCUT2D eigenvalue weighted by Crippen LogP contribution is 2.28. The average molecular weight is 362 g/mol. The van der Waals surface area contributed by atoms with Crippen molar-refractivity contribution in [3.8, 4) is 0 Å². The van der Waals surface area contributed by atoms with Crippen LogP contribution in [0.2, 0.25) is 0 Å². The second-order valence-electron chi connectivity index (χ2n) is 5.53. The number of nitrogens with zero attached hydrogens (tertiary/aromatic N) is 1. The molecule has 0 saturated carbocycles. The summed E-state index contributed by atoms with van der Waals surface area (Å²) in [6, 6.07) is 2.15. The molecule has 4 nitrogen and oxygen atoms in total. The van der Waals surface area contributed by atoms with E-state index < -0.39 is 11.6 Å². The Morgan fingerprint density at radius 2 is 2.00 bits per heavy atom. The molecule has 2 aromatic rings. The number of anilines is 1. The van der Waals surface area contributed by atoms with Gasteiger partial charge in [-0.25, -0.2) is 13.8 Å². The summed E-state index contributed by atoms with van der Waals surface area (Å²) in [5.41, 5.74) is 0.359. The molecule has 1 aliphatic rings. The van der Waals surface area contributed by atoms with Gasteiger partial charge in [-0.05, 0) is 44.3 Å². The number of halogens is 3. The monoisotopic (exact) mass is 361 g/mol. The number of hydrogen-bond acceptors (Lipinski definition) is 4. The van der Waals surface area contributed by atoms with Gasteiger partial charge in [0.1, 0.15) is 0 Å². The van der Waals surface area contributed by atoms with Crippen molar-refractivity contribution in [1.82, 2.24) is 10.3 Å². The quantitative estimate of drug-likeness (QED) is 0.872. The van der Waals surface area contributed by atoms with Crippen LogP contribution in [0.25, 0.3) is 10.2 Å². The zero-order valence-corrected chi connectivity index (χ0v) is 14.0. The number of rotatable bonds is 4. The summed E-state index contributed by atoms with van der Waals surface area (Å²) in [6.07, 6.45) is 3.52. The molecule has 1 saturated heterocycles. The molecule has 0 aliphatic carbocycles. The lowest BCUT2D eigenvalue weighted by atomic mass is 9.93. The van der Waals surface area contributed by atoms with E-state index in [9.17, 15) is 13.6 Å². The molecule has 8 heteroatoms. The van der Waals surface area contributed by atoms with E-state index >= 15 is 0 Å². The van der Waals surface area contributed by atoms with Gasteiger partial charge >= 0.3 is 0 Å². The molecule has 1 aromatic heterocycles. The van der Waals surface area contributed by atoms with E-state index in [2.05, 4.69) is 15.6 Å². The Kier molecular flexibility index (Phi) is 6.26. The Balaban J connectivity index is 0.00000192.